The van der Waals surface area contributed by atoms with Crippen LogP contribution >= 0.6 is 0 Å². The third kappa shape index (κ3) is 3.76. The van der Waals surface area contributed by atoms with E-state index in [0.717, 1.165) is 41.1 Å². The van der Waals surface area contributed by atoms with Crippen molar-refractivity contribution in [2.75, 3.05) is 12.4 Å². The number of hydrogen-bond donors (Lipinski definition) is 2. The highest BCUT2D eigenvalue weighted by Gasteiger charge is 2.13. The highest BCUT2D eigenvalue weighted by atomic mass is 16.5. The van der Waals surface area contributed by atoms with E-state index in [4.69, 9.17) is 10.5 Å². The number of anilines is 1. The van der Waals surface area contributed by atoms with E-state index in [-0.39, 0.29) is 0 Å². The van der Waals surface area contributed by atoms with Gasteiger partial charge in [-0.2, -0.15) is 0 Å². The minimum atomic E-state index is 0.416. The summed E-state index contributed by atoms with van der Waals surface area (Å²) in [5, 5.41) is 3.27. The summed E-state index contributed by atoms with van der Waals surface area (Å²) in [5.74, 6) is 1.28. The molecule has 0 saturated heterocycles. The molecule has 1 aromatic carbocycles. The highest BCUT2D eigenvalue weighted by molar-refractivity contribution is 5.93. The molecule has 5 heteroatoms. The Kier molecular flexibility index (Phi) is 5.22. The number of nitrogens with one attached hydrogen (secondary N) is 1. The van der Waals surface area contributed by atoms with Crippen LogP contribution in [-0.2, 0) is 19.4 Å². The Morgan fingerprint density at radius 3 is 2.88 bits per heavy atom. The van der Waals surface area contributed by atoms with E-state index in [9.17, 15) is 0 Å². The zero-order chi connectivity index (χ0) is 17.8. The number of nitrogens with zero attached hydrogens (tertiary/aromatic N) is 2. The molecule has 0 spiro atoms. The number of nitrogens with two attached hydrogens (primary N) is 1. The quantitative estimate of drug-likeness (QED) is 0.661. The zero-order valence-corrected chi connectivity index (χ0v) is 15.2. The summed E-state index contributed by atoms with van der Waals surface area (Å²) in [6, 6.07) is 6.36. The van der Waals surface area contributed by atoms with Crippen LogP contribution in [0.3, 0.4) is 0 Å². The lowest BCUT2D eigenvalue weighted by Gasteiger charge is -2.19. The maximum absolute atomic E-state index is 6.12. The summed E-state index contributed by atoms with van der Waals surface area (Å²) in [5.41, 5.74) is 12.9. The van der Waals surface area contributed by atoms with Gasteiger partial charge in [-0.25, -0.2) is 4.99 Å². The van der Waals surface area contributed by atoms with E-state index in [1.54, 1.807) is 7.11 Å². The van der Waals surface area contributed by atoms with E-state index in [2.05, 4.69) is 33.5 Å². The summed E-state index contributed by atoms with van der Waals surface area (Å²) >= 11 is 0. The van der Waals surface area contributed by atoms with Crippen molar-refractivity contribution in [1.29, 1.82) is 0 Å². The maximum atomic E-state index is 6.12. The van der Waals surface area contributed by atoms with Crippen molar-refractivity contribution < 1.29 is 4.74 Å². The molecule has 0 aliphatic heterocycles. The Balaban J connectivity index is 1.75. The standard InChI is InChI=1S/C20H26N4O/c1-13-11-22-18(14(2)19(13)25-3)12-23-20(21)24-17-10-6-8-15-7-4-5-9-16(15)17/h6,8,10-11H,4-5,7,9,12H2,1-3H3,(H3,21,23,24). The van der Waals surface area contributed by atoms with E-state index in [1.165, 1.54) is 24.0 Å². The first-order valence-electron chi connectivity index (χ1n) is 8.77. The molecule has 3 N–H and O–H groups in total. The van der Waals surface area contributed by atoms with Gasteiger partial charge in [0.2, 0.25) is 0 Å². The SMILES string of the molecule is COc1c(C)cnc(CN=C(N)Nc2cccc3c2CCCC3)c1C. The molecule has 0 fully saturated rings. The third-order valence-corrected chi connectivity index (χ3v) is 4.81. The number of aliphatic imine (C=N–C) groups is 1. The lowest BCUT2D eigenvalue weighted by Crippen LogP contribution is -2.24. The van der Waals surface area contributed by atoms with Gasteiger partial charge in [-0.3, -0.25) is 4.98 Å². The maximum Gasteiger partial charge on any atom is 0.193 e. The molecule has 3 rings (SSSR count). The van der Waals surface area contributed by atoms with Gasteiger partial charge in [0, 0.05) is 23.0 Å². The fourth-order valence-corrected chi connectivity index (χ4v) is 3.47. The summed E-state index contributed by atoms with van der Waals surface area (Å²) in [7, 11) is 1.68. The number of aryl methyl sites for hydroxylation is 2. The molecule has 1 heterocycles. The minimum absolute atomic E-state index is 0.416. The normalized spacial score (nSPS) is 14.1. The van der Waals surface area contributed by atoms with Crippen molar-refractivity contribution in [3.8, 4) is 5.75 Å². The van der Waals surface area contributed by atoms with Crippen molar-refractivity contribution in [1.82, 2.24) is 4.98 Å². The van der Waals surface area contributed by atoms with E-state index in [0.29, 0.717) is 12.5 Å². The van der Waals surface area contributed by atoms with E-state index in [1.807, 2.05) is 20.0 Å². The van der Waals surface area contributed by atoms with Gasteiger partial charge in [0.1, 0.15) is 5.75 Å². The molecule has 132 valence electrons. The predicted molar refractivity (Wildman–Crippen MR) is 102 cm³/mol. The number of ether oxygens (including phenoxy) is 1. The number of pyridine rings is 1. The molecule has 0 bridgehead atoms. The van der Waals surface area contributed by atoms with Gasteiger partial charge in [0.25, 0.3) is 0 Å². The Morgan fingerprint density at radius 2 is 2.08 bits per heavy atom. The van der Waals surface area contributed by atoms with Crippen LogP contribution in [-0.4, -0.2) is 18.1 Å². The van der Waals surface area contributed by atoms with Crippen molar-refractivity contribution in [2.45, 2.75) is 46.1 Å². The fraction of sp³-hybridized carbons (Fsp3) is 0.400. The van der Waals surface area contributed by atoms with Gasteiger partial charge >= 0.3 is 0 Å². The highest BCUT2D eigenvalue weighted by Crippen LogP contribution is 2.28. The third-order valence-electron chi connectivity index (χ3n) is 4.81. The first-order chi connectivity index (χ1) is 12.1. The van der Waals surface area contributed by atoms with Crippen molar-refractivity contribution >= 4 is 11.6 Å². The number of aromatic nitrogens is 1. The lowest BCUT2D eigenvalue weighted by atomic mass is 9.90. The summed E-state index contributed by atoms with van der Waals surface area (Å²) in [4.78, 5) is 8.94. The van der Waals surface area contributed by atoms with Gasteiger partial charge < -0.3 is 15.8 Å². The molecule has 0 atom stereocenters. The monoisotopic (exact) mass is 338 g/mol. The molecule has 0 unspecified atom stereocenters. The van der Waals surface area contributed by atoms with Gasteiger partial charge in [-0.05, 0) is 56.7 Å². The first-order valence-corrected chi connectivity index (χ1v) is 8.77. The van der Waals surface area contributed by atoms with Gasteiger partial charge in [-0.1, -0.05) is 12.1 Å². The number of guanidine groups is 1. The molecule has 1 aromatic heterocycles. The van der Waals surface area contributed by atoms with Gasteiger partial charge in [-0.15, -0.1) is 0 Å². The van der Waals surface area contributed by atoms with Gasteiger partial charge in [0.15, 0.2) is 5.96 Å². The largest absolute Gasteiger partial charge is 0.496 e. The topological polar surface area (TPSA) is 72.5 Å². The molecule has 5 nitrogen and oxygen atoms in total. The average molecular weight is 338 g/mol. The van der Waals surface area contributed by atoms with Crippen LogP contribution in [0.5, 0.6) is 5.75 Å². The second-order valence-electron chi connectivity index (χ2n) is 6.52. The van der Waals surface area contributed by atoms with Crippen molar-refractivity contribution in [2.24, 2.45) is 10.7 Å². The fourth-order valence-electron chi connectivity index (χ4n) is 3.47. The second kappa shape index (κ2) is 7.55. The Hall–Kier alpha value is -2.56. The van der Waals surface area contributed by atoms with E-state index >= 15 is 0 Å². The molecule has 0 amide bonds. The van der Waals surface area contributed by atoms with Crippen LogP contribution in [0.1, 0.15) is 40.8 Å². The zero-order valence-electron chi connectivity index (χ0n) is 15.2. The van der Waals surface area contributed by atoms with Crippen LogP contribution in [0, 0.1) is 13.8 Å². The molecule has 0 saturated carbocycles. The number of hydrogen-bond acceptors (Lipinski definition) is 3. The van der Waals surface area contributed by atoms with Crippen LogP contribution in [0.25, 0.3) is 0 Å². The van der Waals surface area contributed by atoms with Crippen LogP contribution in [0.2, 0.25) is 0 Å². The molecule has 0 radical (unpaired) electrons. The predicted octanol–water partition coefficient (Wildman–Crippen LogP) is 3.51. The Morgan fingerprint density at radius 1 is 1.28 bits per heavy atom. The van der Waals surface area contributed by atoms with Crippen LogP contribution < -0.4 is 15.8 Å². The Bertz CT molecular complexity index is 799. The minimum Gasteiger partial charge on any atom is -0.496 e. The lowest BCUT2D eigenvalue weighted by molar-refractivity contribution is 0.407. The number of benzene rings is 1. The number of rotatable bonds is 4. The Labute approximate surface area is 149 Å². The van der Waals surface area contributed by atoms with Crippen LogP contribution in [0.15, 0.2) is 29.4 Å². The summed E-state index contributed by atoms with van der Waals surface area (Å²) in [6.45, 7) is 4.41. The first kappa shape index (κ1) is 17.3. The number of fused-ring (bicyclic) bond motifs is 1. The number of methoxy groups -OCH3 is 1. The molecule has 1 aliphatic rings. The second-order valence-corrected chi connectivity index (χ2v) is 6.52. The molecule has 2 aromatic rings. The summed E-state index contributed by atoms with van der Waals surface area (Å²) < 4.78 is 5.45. The molecular formula is C20H26N4O. The molecule has 25 heavy (non-hydrogen) atoms. The van der Waals surface area contributed by atoms with Crippen LogP contribution in [0.4, 0.5) is 5.69 Å². The van der Waals surface area contributed by atoms with Crippen molar-refractivity contribution in [3.05, 3.63) is 52.3 Å². The molecular weight excluding hydrogens is 312 g/mol. The van der Waals surface area contributed by atoms with Crippen molar-refractivity contribution in [3.63, 3.8) is 0 Å². The molecule has 1 aliphatic carbocycles. The van der Waals surface area contributed by atoms with Gasteiger partial charge in [0.05, 0.1) is 19.3 Å². The summed E-state index contributed by atoms with van der Waals surface area (Å²) in [6.07, 6.45) is 6.55. The average Bonchev–Trinajstić information content (AvgIpc) is 2.62. The van der Waals surface area contributed by atoms with E-state index < -0.39 is 0 Å². The smallest absolute Gasteiger partial charge is 0.193 e.